The van der Waals surface area contributed by atoms with Crippen LogP contribution in [0.5, 0.6) is 0 Å². The summed E-state index contributed by atoms with van der Waals surface area (Å²) in [6.45, 7) is 0.307. The number of rotatable bonds is 3. The lowest BCUT2D eigenvalue weighted by Crippen LogP contribution is -2.04. The number of hydrogen-bond donors (Lipinski definition) is 1. The molecule has 90 valence electrons. The molecule has 0 amide bonds. The lowest BCUT2D eigenvalue weighted by atomic mass is 10.4. The van der Waals surface area contributed by atoms with Gasteiger partial charge in [-0.3, -0.25) is 4.98 Å². The summed E-state index contributed by atoms with van der Waals surface area (Å²) >= 11 is 0. The van der Waals surface area contributed by atoms with Crippen molar-refractivity contribution in [1.82, 2.24) is 19.7 Å². The highest BCUT2D eigenvalue weighted by Crippen LogP contribution is 2.09. The van der Waals surface area contributed by atoms with Crippen molar-refractivity contribution in [2.45, 2.75) is 11.4 Å². The smallest absolute Gasteiger partial charge is 0.178 e. The normalized spacial score (nSPS) is 11.6. The highest BCUT2D eigenvalue weighted by molar-refractivity contribution is 7.90. The van der Waals surface area contributed by atoms with E-state index in [4.69, 9.17) is 5.73 Å². The SMILES string of the molecule is CS(=O)(=O)c1cnn(-c2cnc(CN)cn2)c1. The van der Waals surface area contributed by atoms with Gasteiger partial charge in [0.2, 0.25) is 0 Å². The molecule has 0 unspecified atom stereocenters. The van der Waals surface area contributed by atoms with Crippen LogP contribution in [-0.2, 0) is 16.4 Å². The van der Waals surface area contributed by atoms with Gasteiger partial charge in [0.05, 0.1) is 30.5 Å². The molecule has 2 heterocycles. The largest absolute Gasteiger partial charge is 0.325 e. The highest BCUT2D eigenvalue weighted by Gasteiger charge is 2.11. The van der Waals surface area contributed by atoms with E-state index in [1.54, 1.807) is 0 Å². The molecule has 0 aliphatic heterocycles. The van der Waals surface area contributed by atoms with Crippen LogP contribution in [0.4, 0.5) is 0 Å². The number of sulfone groups is 1. The maximum absolute atomic E-state index is 11.3. The van der Waals surface area contributed by atoms with Crippen LogP contribution in [-0.4, -0.2) is 34.4 Å². The molecule has 0 fully saturated rings. The van der Waals surface area contributed by atoms with Crippen molar-refractivity contribution in [3.05, 3.63) is 30.5 Å². The maximum Gasteiger partial charge on any atom is 0.178 e. The van der Waals surface area contributed by atoms with Crippen LogP contribution in [0.25, 0.3) is 5.82 Å². The van der Waals surface area contributed by atoms with E-state index in [1.807, 2.05) is 0 Å². The molecule has 7 nitrogen and oxygen atoms in total. The van der Waals surface area contributed by atoms with Gasteiger partial charge in [-0.05, 0) is 0 Å². The summed E-state index contributed by atoms with van der Waals surface area (Å²) in [7, 11) is -3.25. The fraction of sp³-hybridized carbons (Fsp3) is 0.222. The molecule has 0 aromatic carbocycles. The Hall–Kier alpha value is -1.80. The van der Waals surface area contributed by atoms with E-state index in [9.17, 15) is 8.42 Å². The quantitative estimate of drug-likeness (QED) is 0.792. The summed E-state index contributed by atoms with van der Waals surface area (Å²) in [5.41, 5.74) is 6.05. The molecule has 2 aromatic rings. The van der Waals surface area contributed by atoms with Crippen LogP contribution in [0.2, 0.25) is 0 Å². The van der Waals surface area contributed by atoms with E-state index >= 15 is 0 Å². The monoisotopic (exact) mass is 253 g/mol. The van der Waals surface area contributed by atoms with Crippen LogP contribution in [0.3, 0.4) is 0 Å². The zero-order valence-electron chi connectivity index (χ0n) is 9.11. The van der Waals surface area contributed by atoms with Crippen molar-refractivity contribution in [1.29, 1.82) is 0 Å². The van der Waals surface area contributed by atoms with Crippen LogP contribution < -0.4 is 5.73 Å². The molecule has 17 heavy (non-hydrogen) atoms. The molecule has 0 radical (unpaired) electrons. The van der Waals surface area contributed by atoms with Gasteiger partial charge in [-0.1, -0.05) is 0 Å². The highest BCUT2D eigenvalue weighted by atomic mass is 32.2. The van der Waals surface area contributed by atoms with Gasteiger partial charge in [-0.2, -0.15) is 5.10 Å². The molecule has 0 spiro atoms. The van der Waals surface area contributed by atoms with Crippen LogP contribution in [0, 0.1) is 0 Å². The molecular weight excluding hydrogens is 242 g/mol. The van der Waals surface area contributed by atoms with E-state index in [0.29, 0.717) is 18.1 Å². The molecule has 0 atom stereocenters. The molecular formula is C9H11N5O2S. The Labute approximate surface area is 98.2 Å². The Morgan fingerprint density at radius 1 is 1.29 bits per heavy atom. The van der Waals surface area contributed by atoms with E-state index in [0.717, 1.165) is 6.26 Å². The molecule has 0 aliphatic rings. The summed E-state index contributed by atoms with van der Waals surface area (Å²) in [4.78, 5) is 8.27. The van der Waals surface area contributed by atoms with Crippen molar-refractivity contribution in [3.8, 4) is 5.82 Å². The topological polar surface area (TPSA) is 104 Å². The lowest BCUT2D eigenvalue weighted by Gasteiger charge is -2.00. The predicted octanol–water partition coefficient (Wildman–Crippen LogP) is -0.475. The third kappa shape index (κ3) is 2.48. The van der Waals surface area contributed by atoms with Crippen molar-refractivity contribution in [2.75, 3.05) is 6.26 Å². The Kier molecular flexibility index (Phi) is 2.90. The van der Waals surface area contributed by atoms with Crippen molar-refractivity contribution < 1.29 is 8.42 Å². The molecule has 0 saturated heterocycles. The third-order valence-electron chi connectivity index (χ3n) is 2.12. The van der Waals surface area contributed by atoms with E-state index in [2.05, 4.69) is 15.1 Å². The number of nitrogens with two attached hydrogens (primary N) is 1. The van der Waals surface area contributed by atoms with Gasteiger partial charge in [0.25, 0.3) is 0 Å². The maximum atomic E-state index is 11.3. The summed E-state index contributed by atoms with van der Waals surface area (Å²) < 4.78 is 23.9. The van der Waals surface area contributed by atoms with Crippen molar-refractivity contribution >= 4 is 9.84 Å². The van der Waals surface area contributed by atoms with Gasteiger partial charge in [-0.25, -0.2) is 18.1 Å². The Balaban J connectivity index is 2.37. The Morgan fingerprint density at radius 3 is 2.53 bits per heavy atom. The molecule has 0 saturated carbocycles. The van der Waals surface area contributed by atoms with Gasteiger partial charge in [-0.15, -0.1) is 0 Å². The zero-order chi connectivity index (χ0) is 12.5. The fourth-order valence-corrected chi connectivity index (χ4v) is 1.72. The molecule has 2 aromatic heterocycles. The van der Waals surface area contributed by atoms with Gasteiger partial charge in [0.1, 0.15) is 4.90 Å². The minimum atomic E-state index is -3.25. The van der Waals surface area contributed by atoms with Gasteiger partial charge >= 0.3 is 0 Å². The molecule has 0 bridgehead atoms. The standard InChI is InChI=1S/C9H11N5O2S/c1-17(15,16)8-4-13-14(6-8)9-5-11-7(2-10)3-12-9/h3-6H,2,10H2,1H3. The molecule has 8 heteroatoms. The summed E-state index contributed by atoms with van der Waals surface area (Å²) in [6, 6.07) is 0. The third-order valence-corrected chi connectivity index (χ3v) is 3.19. The average molecular weight is 253 g/mol. The Bertz CT molecular complexity index is 617. The molecule has 0 aliphatic carbocycles. The number of nitrogens with zero attached hydrogens (tertiary/aromatic N) is 4. The molecule has 2 rings (SSSR count). The summed E-state index contributed by atoms with van der Waals surface area (Å²) in [5.74, 6) is 0.442. The van der Waals surface area contributed by atoms with Crippen molar-refractivity contribution in [3.63, 3.8) is 0 Å². The van der Waals surface area contributed by atoms with Gasteiger partial charge in [0, 0.05) is 12.8 Å². The number of hydrogen-bond acceptors (Lipinski definition) is 6. The minimum absolute atomic E-state index is 0.141. The van der Waals surface area contributed by atoms with Gasteiger partial charge < -0.3 is 5.73 Å². The summed E-state index contributed by atoms with van der Waals surface area (Å²) in [5, 5.41) is 3.91. The second-order valence-corrected chi connectivity index (χ2v) is 5.48. The number of aromatic nitrogens is 4. The van der Waals surface area contributed by atoms with Crippen molar-refractivity contribution in [2.24, 2.45) is 5.73 Å². The van der Waals surface area contributed by atoms with E-state index in [1.165, 1.54) is 29.5 Å². The Morgan fingerprint density at radius 2 is 2.06 bits per heavy atom. The second-order valence-electron chi connectivity index (χ2n) is 3.46. The average Bonchev–Trinajstić information content (AvgIpc) is 2.78. The van der Waals surface area contributed by atoms with Crippen LogP contribution in [0.15, 0.2) is 29.7 Å². The summed E-state index contributed by atoms with van der Waals surface area (Å²) in [6.07, 6.45) is 6.80. The zero-order valence-corrected chi connectivity index (χ0v) is 9.92. The first-order valence-electron chi connectivity index (χ1n) is 4.77. The van der Waals surface area contributed by atoms with Gasteiger partial charge in [0.15, 0.2) is 15.7 Å². The first-order chi connectivity index (χ1) is 8.00. The second kappa shape index (κ2) is 4.22. The first-order valence-corrected chi connectivity index (χ1v) is 6.66. The van der Waals surface area contributed by atoms with E-state index in [-0.39, 0.29) is 4.90 Å². The van der Waals surface area contributed by atoms with Crippen LogP contribution in [0.1, 0.15) is 5.69 Å². The van der Waals surface area contributed by atoms with Crippen LogP contribution >= 0.6 is 0 Å². The molecule has 2 N–H and O–H groups in total. The first kappa shape index (κ1) is 11.7. The van der Waals surface area contributed by atoms with E-state index < -0.39 is 9.84 Å². The fourth-order valence-electron chi connectivity index (χ4n) is 1.19. The predicted molar refractivity (Wildman–Crippen MR) is 60.2 cm³/mol. The minimum Gasteiger partial charge on any atom is -0.325 e. The lowest BCUT2D eigenvalue weighted by molar-refractivity contribution is 0.602.